The summed E-state index contributed by atoms with van der Waals surface area (Å²) in [6.07, 6.45) is 0. The highest BCUT2D eigenvalue weighted by atomic mass is 16.3. The molecule has 0 saturated heterocycles. The van der Waals surface area contributed by atoms with Gasteiger partial charge in [0.15, 0.2) is 0 Å². The molecule has 10 aromatic rings. The van der Waals surface area contributed by atoms with Gasteiger partial charge in [0.1, 0.15) is 11.2 Å². The van der Waals surface area contributed by atoms with Gasteiger partial charge in [-0.25, -0.2) is 0 Å². The summed E-state index contributed by atoms with van der Waals surface area (Å²) < 4.78 is 6.36. The quantitative estimate of drug-likeness (QED) is 0.166. The number of benzene rings is 9. The summed E-state index contributed by atoms with van der Waals surface area (Å²) in [5, 5.41) is 4.66. The van der Waals surface area contributed by atoms with Crippen molar-refractivity contribution in [1.82, 2.24) is 0 Å². The van der Waals surface area contributed by atoms with Crippen molar-refractivity contribution in [1.29, 1.82) is 0 Å². The molecule has 0 amide bonds. The topological polar surface area (TPSA) is 16.4 Å². The molecule has 1 aromatic heterocycles. The number of hydrogen-bond acceptors (Lipinski definition) is 2. The molecule has 54 heavy (non-hydrogen) atoms. The normalized spacial score (nSPS) is 11.3. The van der Waals surface area contributed by atoms with Crippen molar-refractivity contribution in [3.63, 3.8) is 0 Å². The fourth-order valence-electron chi connectivity index (χ4n) is 7.70. The molecule has 9 aromatic carbocycles. The van der Waals surface area contributed by atoms with Gasteiger partial charge < -0.3 is 9.32 Å². The number of anilines is 3. The van der Waals surface area contributed by atoms with Gasteiger partial charge in [0.05, 0.1) is 11.1 Å². The average molecular weight is 690 g/mol. The molecule has 2 nitrogen and oxygen atoms in total. The summed E-state index contributed by atoms with van der Waals surface area (Å²) in [6, 6.07) is 75.9. The van der Waals surface area contributed by atoms with Crippen LogP contribution in [0, 0.1) is 0 Å². The summed E-state index contributed by atoms with van der Waals surface area (Å²) in [6.45, 7) is 0. The molecule has 0 saturated carbocycles. The van der Waals surface area contributed by atoms with Crippen molar-refractivity contribution in [2.45, 2.75) is 0 Å². The van der Waals surface area contributed by atoms with Crippen molar-refractivity contribution in [3.8, 4) is 44.5 Å². The van der Waals surface area contributed by atoms with Gasteiger partial charge in [-0.15, -0.1) is 0 Å². The lowest BCUT2D eigenvalue weighted by Crippen LogP contribution is -2.10. The maximum Gasteiger partial charge on any atom is 0.137 e. The molecular weight excluding hydrogens is 655 g/mol. The van der Waals surface area contributed by atoms with Gasteiger partial charge in [-0.2, -0.15) is 0 Å². The summed E-state index contributed by atoms with van der Waals surface area (Å²) in [5.41, 5.74) is 14.6. The molecule has 10 rings (SSSR count). The zero-order valence-electron chi connectivity index (χ0n) is 29.6. The van der Waals surface area contributed by atoms with Gasteiger partial charge in [0.25, 0.3) is 0 Å². The van der Waals surface area contributed by atoms with Crippen LogP contribution in [0.15, 0.2) is 217 Å². The standard InChI is InChI=1S/C52H35NO/c1-3-10-36(11-4-1)38-18-20-39(21-19-38)40-26-30-46(31-27-40)53(49-15-9-17-51-52(49)48-14-7-8-16-50(48)54-51)47-32-28-41(29-33-47)44-25-23-42-22-24-43(34-45(42)35-44)37-12-5-2-6-13-37/h1-35H. The molecule has 0 aliphatic heterocycles. The lowest BCUT2D eigenvalue weighted by atomic mass is 9.97. The second-order valence-corrected chi connectivity index (χ2v) is 13.8. The minimum atomic E-state index is 0.872. The SMILES string of the molecule is c1ccc(-c2ccc(-c3ccc(N(c4ccc(-c5ccc6ccc(-c7ccccc7)cc6c5)cc4)c4cccc5oc6ccccc6c45)cc3)cc2)cc1. The van der Waals surface area contributed by atoms with Gasteiger partial charge >= 0.3 is 0 Å². The summed E-state index contributed by atoms with van der Waals surface area (Å²) >= 11 is 0. The Kier molecular flexibility index (Phi) is 7.85. The van der Waals surface area contributed by atoms with Crippen molar-refractivity contribution in [2.75, 3.05) is 4.90 Å². The van der Waals surface area contributed by atoms with Crippen LogP contribution in [0.3, 0.4) is 0 Å². The molecule has 1 heterocycles. The van der Waals surface area contributed by atoms with Gasteiger partial charge in [0, 0.05) is 16.8 Å². The van der Waals surface area contributed by atoms with Gasteiger partial charge in [-0.05, 0) is 110 Å². The van der Waals surface area contributed by atoms with Crippen LogP contribution in [-0.2, 0) is 0 Å². The molecule has 0 N–H and O–H groups in total. The molecule has 0 unspecified atom stereocenters. The van der Waals surface area contributed by atoms with E-state index in [0.717, 1.165) is 39.0 Å². The molecule has 0 radical (unpaired) electrons. The van der Waals surface area contributed by atoms with E-state index < -0.39 is 0 Å². The third-order valence-electron chi connectivity index (χ3n) is 10.5. The lowest BCUT2D eigenvalue weighted by molar-refractivity contribution is 0.669. The van der Waals surface area contributed by atoms with Crippen LogP contribution in [0.4, 0.5) is 17.1 Å². The summed E-state index contributed by atoms with van der Waals surface area (Å²) in [4.78, 5) is 2.35. The first-order valence-electron chi connectivity index (χ1n) is 18.4. The lowest BCUT2D eigenvalue weighted by Gasteiger charge is -2.26. The Labute approximate surface area is 314 Å². The molecular formula is C52H35NO. The Balaban J connectivity index is 1.04. The zero-order valence-corrected chi connectivity index (χ0v) is 29.6. The molecule has 0 atom stereocenters. The minimum Gasteiger partial charge on any atom is -0.456 e. The third kappa shape index (κ3) is 5.81. The van der Waals surface area contributed by atoms with E-state index in [1.54, 1.807) is 0 Å². The number of rotatable bonds is 7. The number of para-hydroxylation sites is 1. The maximum atomic E-state index is 6.36. The van der Waals surface area contributed by atoms with E-state index in [1.807, 2.05) is 12.1 Å². The number of hydrogen-bond donors (Lipinski definition) is 0. The highest BCUT2D eigenvalue weighted by Crippen LogP contribution is 2.43. The Hall–Kier alpha value is -7.16. The average Bonchev–Trinajstić information content (AvgIpc) is 3.64. The highest BCUT2D eigenvalue weighted by Gasteiger charge is 2.19. The summed E-state index contributed by atoms with van der Waals surface area (Å²) in [5.74, 6) is 0. The van der Waals surface area contributed by atoms with E-state index >= 15 is 0 Å². The molecule has 0 fully saturated rings. The first-order chi connectivity index (χ1) is 26.7. The molecule has 2 heteroatoms. The van der Waals surface area contributed by atoms with E-state index in [9.17, 15) is 0 Å². The van der Waals surface area contributed by atoms with Crippen LogP contribution in [0.5, 0.6) is 0 Å². The molecule has 0 aliphatic rings. The largest absolute Gasteiger partial charge is 0.456 e. The Morgan fingerprint density at radius 3 is 1.30 bits per heavy atom. The Bertz CT molecular complexity index is 2890. The number of furan rings is 1. The van der Waals surface area contributed by atoms with Crippen LogP contribution in [0.1, 0.15) is 0 Å². The van der Waals surface area contributed by atoms with E-state index in [0.29, 0.717) is 0 Å². The first-order valence-corrected chi connectivity index (χ1v) is 18.4. The van der Waals surface area contributed by atoms with E-state index in [-0.39, 0.29) is 0 Å². The second kappa shape index (κ2) is 13.4. The minimum absolute atomic E-state index is 0.872. The zero-order chi connectivity index (χ0) is 35.8. The second-order valence-electron chi connectivity index (χ2n) is 13.8. The Morgan fingerprint density at radius 2 is 0.722 bits per heavy atom. The van der Waals surface area contributed by atoms with Crippen LogP contribution in [0.2, 0.25) is 0 Å². The third-order valence-corrected chi connectivity index (χ3v) is 10.5. The summed E-state index contributed by atoms with van der Waals surface area (Å²) in [7, 11) is 0. The fourth-order valence-corrected chi connectivity index (χ4v) is 7.70. The van der Waals surface area contributed by atoms with Crippen molar-refractivity contribution in [2.24, 2.45) is 0 Å². The van der Waals surface area contributed by atoms with E-state index in [4.69, 9.17) is 4.42 Å². The predicted molar refractivity (Wildman–Crippen MR) is 228 cm³/mol. The molecule has 254 valence electrons. The van der Waals surface area contributed by atoms with Crippen LogP contribution < -0.4 is 4.90 Å². The number of fused-ring (bicyclic) bond motifs is 4. The fraction of sp³-hybridized carbons (Fsp3) is 0. The van der Waals surface area contributed by atoms with Gasteiger partial charge in [0.2, 0.25) is 0 Å². The predicted octanol–water partition coefficient (Wildman–Crippen LogP) is 14.9. The van der Waals surface area contributed by atoms with Crippen molar-refractivity contribution >= 4 is 49.8 Å². The van der Waals surface area contributed by atoms with Gasteiger partial charge in [-0.3, -0.25) is 0 Å². The first kappa shape index (κ1) is 31.6. The van der Waals surface area contributed by atoms with E-state index in [2.05, 4.69) is 205 Å². The van der Waals surface area contributed by atoms with E-state index in [1.165, 1.54) is 55.3 Å². The Morgan fingerprint density at radius 1 is 0.296 bits per heavy atom. The molecule has 0 spiro atoms. The van der Waals surface area contributed by atoms with Crippen molar-refractivity contribution < 1.29 is 4.42 Å². The smallest absolute Gasteiger partial charge is 0.137 e. The van der Waals surface area contributed by atoms with Crippen molar-refractivity contribution in [3.05, 3.63) is 212 Å². The molecule has 0 aliphatic carbocycles. The molecule has 0 bridgehead atoms. The van der Waals surface area contributed by atoms with Crippen LogP contribution >= 0.6 is 0 Å². The van der Waals surface area contributed by atoms with Crippen LogP contribution in [0.25, 0.3) is 77.2 Å². The van der Waals surface area contributed by atoms with Gasteiger partial charge in [-0.1, -0.05) is 158 Å². The van der Waals surface area contributed by atoms with Crippen LogP contribution in [-0.4, -0.2) is 0 Å². The highest BCUT2D eigenvalue weighted by molar-refractivity contribution is 6.13. The monoisotopic (exact) mass is 689 g/mol. The maximum absolute atomic E-state index is 6.36. The number of nitrogens with zero attached hydrogens (tertiary/aromatic N) is 1.